The Labute approximate surface area is 101 Å². The number of thiol groups is 2. The lowest BCUT2D eigenvalue weighted by Gasteiger charge is -2.19. The van der Waals surface area contributed by atoms with Crippen LogP contribution in [0, 0.1) is 0 Å². The summed E-state index contributed by atoms with van der Waals surface area (Å²) in [6.45, 7) is 0. The third-order valence-corrected chi connectivity index (χ3v) is 2.64. The Balaban J connectivity index is 4.29. The van der Waals surface area contributed by atoms with Gasteiger partial charge in [0.2, 0.25) is 11.8 Å². The highest BCUT2D eigenvalue weighted by Gasteiger charge is 2.21. The van der Waals surface area contributed by atoms with Crippen molar-refractivity contribution in [2.24, 2.45) is 0 Å². The molecule has 0 saturated carbocycles. The number of hydrogen-bond acceptors (Lipinski definition) is 5. The molecule has 0 aliphatic carbocycles. The Hall–Kier alpha value is -0.400. The van der Waals surface area contributed by atoms with Crippen molar-refractivity contribution in [2.75, 3.05) is 25.6 Å². The van der Waals surface area contributed by atoms with Crippen molar-refractivity contribution in [3.05, 3.63) is 0 Å². The normalized spacial score (nSPS) is 14.1. The van der Waals surface area contributed by atoms with Gasteiger partial charge in [-0.15, -0.1) is 0 Å². The number of amides is 2. The van der Waals surface area contributed by atoms with Gasteiger partial charge in [0.1, 0.15) is 6.04 Å². The molecule has 0 bridgehead atoms. The summed E-state index contributed by atoms with van der Waals surface area (Å²) in [7, 11) is 3.18. The molecule has 15 heavy (non-hydrogen) atoms. The zero-order valence-electron chi connectivity index (χ0n) is 8.78. The second-order valence-corrected chi connectivity index (χ2v) is 3.61. The predicted octanol–water partition coefficient (Wildman–Crippen LogP) is -1.34. The molecule has 0 aromatic heterocycles. The van der Waals surface area contributed by atoms with E-state index in [9.17, 15) is 9.59 Å². The summed E-state index contributed by atoms with van der Waals surface area (Å²) >= 11 is 8.01. The number of carbonyl (C=O) groups excluding carboxylic acids is 2. The molecule has 0 aliphatic rings. The second kappa shape index (κ2) is 7.84. The average Bonchev–Trinajstić information content (AvgIpc) is 2.26. The highest BCUT2D eigenvalue weighted by molar-refractivity contribution is 7.80. The maximum Gasteiger partial charge on any atom is 0.243 e. The second-order valence-electron chi connectivity index (χ2n) is 2.88. The number of rotatable bonds is 6. The number of likely N-dealkylation sites (N-methyl/N-ethyl adjacent to an activating group) is 2. The molecule has 88 valence electrons. The summed E-state index contributed by atoms with van der Waals surface area (Å²) in [5.74, 6) is 0.117. The first-order chi connectivity index (χ1) is 7.10. The van der Waals surface area contributed by atoms with E-state index < -0.39 is 12.1 Å². The Morgan fingerprint density at radius 2 is 1.60 bits per heavy atom. The number of nitrogens with one attached hydrogen (secondary N) is 3. The van der Waals surface area contributed by atoms with Gasteiger partial charge in [-0.05, 0) is 7.05 Å². The van der Waals surface area contributed by atoms with Gasteiger partial charge in [0.15, 0.2) is 0 Å². The van der Waals surface area contributed by atoms with Gasteiger partial charge in [-0.1, -0.05) is 0 Å². The van der Waals surface area contributed by atoms with Crippen LogP contribution in [-0.4, -0.2) is 49.5 Å². The minimum absolute atomic E-state index is 0.254. The van der Waals surface area contributed by atoms with Crippen LogP contribution in [0.4, 0.5) is 0 Å². The molecule has 7 heteroatoms. The van der Waals surface area contributed by atoms with Gasteiger partial charge < -0.3 is 16.0 Å². The number of carbonyl (C=O) groups is 2. The summed E-state index contributed by atoms with van der Waals surface area (Å²) in [6, 6.07) is -1.01. The summed E-state index contributed by atoms with van der Waals surface area (Å²) in [5, 5.41) is 7.83. The van der Waals surface area contributed by atoms with Crippen molar-refractivity contribution < 1.29 is 9.59 Å². The molecule has 0 aliphatic heterocycles. The minimum atomic E-state index is -0.610. The first-order valence-corrected chi connectivity index (χ1v) is 5.78. The topological polar surface area (TPSA) is 70.2 Å². The van der Waals surface area contributed by atoms with Crippen LogP contribution in [0.25, 0.3) is 0 Å². The van der Waals surface area contributed by atoms with E-state index >= 15 is 0 Å². The van der Waals surface area contributed by atoms with E-state index in [2.05, 4.69) is 41.2 Å². The first kappa shape index (κ1) is 14.6. The van der Waals surface area contributed by atoms with Crippen molar-refractivity contribution in [1.82, 2.24) is 16.0 Å². The molecule has 0 aromatic carbocycles. The molecule has 2 atom stereocenters. The highest BCUT2D eigenvalue weighted by Crippen LogP contribution is 1.92. The van der Waals surface area contributed by atoms with Gasteiger partial charge in [-0.2, -0.15) is 25.3 Å². The van der Waals surface area contributed by atoms with Crippen LogP contribution in [0.1, 0.15) is 0 Å². The van der Waals surface area contributed by atoms with Crippen LogP contribution in [0.5, 0.6) is 0 Å². The lowest BCUT2D eigenvalue weighted by Crippen LogP contribution is -2.53. The maximum absolute atomic E-state index is 11.6. The van der Waals surface area contributed by atoms with E-state index in [1.165, 1.54) is 7.05 Å². The van der Waals surface area contributed by atoms with E-state index in [0.717, 1.165) is 0 Å². The van der Waals surface area contributed by atoms with Crippen molar-refractivity contribution in [1.29, 1.82) is 0 Å². The Morgan fingerprint density at radius 1 is 1.07 bits per heavy atom. The maximum atomic E-state index is 11.6. The molecule has 0 spiro atoms. The summed E-state index contributed by atoms with van der Waals surface area (Å²) in [4.78, 5) is 22.8. The van der Waals surface area contributed by atoms with Crippen LogP contribution in [0.2, 0.25) is 0 Å². The molecule has 0 aromatic rings. The van der Waals surface area contributed by atoms with Gasteiger partial charge in [-0.25, -0.2) is 0 Å². The molecule has 5 nitrogen and oxygen atoms in total. The standard InChI is InChI=1S/C8H17N3O2S2/c1-9-5(3-14)8(13)11-6(4-15)7(12)10-2/h5-6,9,14-15H,3-4H2,1-2H3,(H,10,12)(H,11,13)/t5-,6+/m1/s1. The molecule has 0 fully saturated rings. The summed E-state index contributed by atoms with van der Waals surface area (Å²) in [6.07, 6.45) is 0. The molecule has 0 rings (SSSR count). The monoisotopic (exact) mass is 251 g/mol. The van der Waals surface area contributed by atoms with Gasteiger partial charge in [0, 0.05) is 18.6 Å². The van der Waals surface area contributed by atoms with E-state index in [1.807, 2.05) is 0 Å². The van der Waals surface area contributed by atoms with E-state index in [1.54, 1.807) is 7.05 Å². The molecule has 2 amide bonds. The van der Waals surface area contributed by atoms with E-state index in [-0.39, 0.29) is 17.6 Å². The molecule has 3 N–H and O–H groups in total. The average molecular weight is 251 g/mol. The predicted molar refractivity (Wildman–Crippen MR) is 66.6 cm³/mol. The lowest BCUT2D eigenvalue weighted by atomic mass is 10.2. The molecule has 0 heterocycles. The lowest BCUT2D eigenvalue weighted by molar-refractivity contribution is -0.128. The zero-order valence-corrected chi connectivity index (χ0v) is 10.6. The molecule has 0 saturated heterocycles. The first-order valence-electron chi connectivity index (χ1n) is 4.51. The van der Waals surface area contributed by atoms with Crippen molar-refractivity contribution in [3.63, 3.8) is 0 Å². The Bertz CT molecular complexity index is 222. The van der Waals surface area contributed by atoms with Gasteiger partial charge in [0.25, 0.3) is 0 Å². The van der Waals surface area contributed by atoms with Crippen LogP contribution >= 0.6 is 25.3 Å². The quantitative estimate of drug-likeness (QED) is 0.380. The van der Waals surface area contributed by atoms with E-state index in [4.69, 9.17) is 0 Å². The summed E-state index contributed by atoms with van der Waals surface area (Å²) in [5.41, 5.74) is 0. The van der Waals surface area contributed by atoms with Gasteiger partial charge in [-0.3, -0.25) is 9.59 Å². The Morgan fingerprint density at radius 3 is 1.93 bits per heavy atom. The van der Waals surface area contributed by atoms with Crippen molar-refractivity contribution >= 4 is 37.1 Å². The third-order valence-electron chi connectivity index (χ3n) is 1.91. The highest BCUT2D eigenvalue weighted by atomic mass is 32.1. The smallest absolute Gasteiger partial charge is 0.243 e. The van der Waals surface area contributed by atoms with Crippen LogP contribution in [0.15, 0.2) is 0 Å². The fraction of sp³-hybridized carbons (Fsp3) is 0.750. The van der Waals surface area contributed by atoms with Crippen LogP contribution < -0.4 is 16.0 Å². The summed E-state index contributed by atoms with van der Waals surface area (Å²) < 4.78 is 0. The molecular weight excluding hydrogens is 234 g/mol. The van der Waals surface area contributed by atoms with Gasteiger partial charge >= 0.3 is 0 Å². The fourth-order valence-corrected chi connectivity index (χ4v) is 1.55. The Kier molecular flexibility index (Phi) is 7.63. The largest absolute Gasteiger partial charge is 0.357 e. The van der Waals surface area contributed by atoms with Crippen molar-refractivity contribution in [2.45, 2.75) is 12.1 Å². The number of hydrogen-bond donors (Lipinski definition) is 5. The minimum Gasteiger partial charge on any atom is -0.357 e. The molecular formula is C8H17N3O2S2. The molecule has 0 unspecified atom stereocenters. The SMILES string of the molecule is CNC(=O)[C@H](CS)NC(=O)[C@@H](CS)NC. The van der Waals surface area contributed by atoms with Crippen LogP contribution in [-0.2, 0) is 9.59 Å². The van der Waals surface area contributed by atoms with Crippen molar-refractivity contribution in [3.8, 4) is 0 Å². The van der Waals surface area contributed by atoms with Crippen LogP contribution in [0.3, 0.4) is 0 Å². The fourth-order valence-electron chi connectivity index (χ4n) is 0.946. The zero-order chi connectivity index (χ0) is 11.8. The third kappa shape index (κ3) is 4.76. The van der Waals surface area contributed by atoms with E-state index in [0.29, 0.717) is 5.75 Å². The van der Waals surface area contributed by atoms with Gasteiger partial charge in [0.05, 0.1) is 6.04 Å². The molecule has 0 radical (unpaired) electrons.